The minimum absolute atomic E-state index is 0.0507. The molecule has 0 amide bonds. The van der Waals surface area contributed by atoms with Crippen LogP contribution in [0.1, 0.15) is 113 Å². The van der Waals surface area contributed by atoms with Crippen LogP contribution in [0.2, 0.25) is 0 Å². The van der Waals surface area contributed by atoms with Crippen LogP contribution in [0, 0.1) is 50.2 Å². The number of rotatable bonds is 8. The molecule has 3 aliphatic heterocycles. The highest BCUT2D eigenvalue weighted by atomic mass is 16.8. The number of aliphatic hydroxyl groups is 10. The topological polar surface area (TPSA) is 275 Å². The average molecular weight is 913 g/mol. The monoisotopic (exact) mass is 913 g/mol. The van der Waals surface area contributed by atoms with Crippen molar-refractivity contribution in [2.24, 2.45) is 50.2 Å². The molecule has 8 rings (SSSR count). The number of carbonyl (C=O) groups is 1. The van der Waals surface area contributed by atoms with Crippen molar-refractivity contribution in [2.45, 2.75) is 205 Å². The van der Waals surface area contributed by atoms with Gasteiger partial charge in [0.25, 0.3) is 0 Å². The zero-order valence-corrected chi connectivity index (χ0v) is 38.5. The van der Waals surface area contributed by atoms with Gasteiger partial charge in [-0.15, -0.1) is 0 Å². The largest absolute Gasteiger partial charge is 0.432 e. The standard InChI is InChI=1S/C47H76O17/c1-42(2)14-16-47(41(58)64-39-36(57)33(54)31(52)25(19-48)60-39)17-15-45(6)22(23(47)18-42)8-9-28-44(5)12-11-29(43(3,4)27(44)10-13-46(28,45)7)62-40-37(34(55)32(53)26(20-49)61-40)63-38-35(56)30(51)24(50)21-59-38/h8,23-40,48-57H,9-21H2,1-7H3/t23?,24-,25+,26+,27?,28?,29?,30-,31+,32-,33-,34-,35+,36+,37+,38+,39-,40+,44-,45+,46+,47-/m0/s1. The van der Waals surface area contributed by atoms with Crippen LogP contribution in [0.3, 0.4) is 0 Å². The maximum Gasteiger partial charge on any atom is 0.315 e. The van der Waals surface area contributed by atoms with Crippen molar-refractivity contribution in [1.29, 1.82) is 0 Å². The van der Waals surface area contributed by atoms with Gasteiger partial charge in [0, 0.05) is 0 Å². The first kappa shape index (κ1) is 49.0. The van der Waals surface area contributed by atoms with Crippen LogP contribution < -0.4 is 0 Å². The first-order valence-corrected chi connectivity index (χ1v) is 23.7. The Bertz CT molecular complexity index is 1740. The number of esters is 1. The average Bonchev–Trinajstić information content (AvgIpc) is 3.24. The van der Waals surface area contributed by atoms with Crippen LogP contribution in [-0.4, -0.2) is 169 Å². The molecule has 7 fully saturated rings. The van der Waals surface area contributed by atoms with Gasteiger partial charge >= 0.3 is 5.97 Å². The van der Waals surface area contributed by atoms with Gasteiger partial charge in [0.15, 0.2) is 12.6 Å². The Morgan fingerprint density at radius 1 is 0.672 bits per heavy atom. The number of carbonyl (C=O) groups excluding carboxylic acids is 1. The van der Waals surface area contributed by atoms with Gasteiger partial charge in [-0.1, -0.05) is 60.1 Å². The molecule has 8 aliphatic rings. The van der Waals surface area contributed by atoms with E-state index >= 15 is 0 Å². The van der Waals surface area contributed by atoms with Crippen LogP contribution in [0.25, 0.3) is 0 Å². The van der Waals surface area contributed by atoms with Crippen LogP contribution in [0.15, 0.2) is 11.6 Å². The fourth-order valence-electron chi connectivity index (χ4n) is 14.7. The van der Waals surface area contributed by atoms with Crippen molar-refractivity contribution in [2.75, 3.05) is 19.8 Å². The third-order valence-electron chi connectivity index (χ3n) is 18.9. The van der Waals surface area contributed by atoms with Crippen molar-refractivity contribution in [1.82, 2.24) is 0 Å². The fraction of sp³-hybridized carbons (Fsp3) is 0.936. The quantitative estimate of drug-likeness (QED) is 0.0916. The number of ether oxygens (including phenoxy) is 6. The third kappa shape index (κ3) is 7.58. The molecule has 0 aromatic rings. The fourth-order valence-corrected chi connectivity index (χ4v) is 14.7. The van der Waals surface area contributed by atoms with Crippen LogP contribution >= 0.6 is 0 Å². The lowest BCUT2D eigenvalue weighted by molar-refractivity contribution is -0.370. The molecule has 0 radical (unpaired) electrons. The number of fused-ring (bicyclic) bond motifs is 7. The Hall–Kier alpha value is -1.39. The molecule has 5 aliphatic carbocycles. The van der Waals surface area contributed by atoms with Crippen molar-refractivity contribution >= 4 is 5.97 Å². The molecule has 0 bridgehead atoms. The molecule has 3 saturated heterocycles. The molecule has 0 aromatic heterocycles. The second kappa shape index (κ2) is 17.2. The second-order valence-corrected chi connectivity index (χ2v) is 23.0. The molecule has 17 heteroatoms. The van der Waals surface area contributed by atoms with E-state index < -0.39 is 122 Å². The van der Waals surface area contributed by atoms with Crippen LogP contribution in [0.5, 0.6) is 0 Å². The van der Waals surface area contributed by atoms with E-state index in [0.29, 0.717) is 19.3 Å². The smallest absolute Gasteiger partial charge is 0.315 e. The minimum Gasteiger partial charge on any atom is -0.432 e. The van der Waals surface area contributed by atoms with Gasteiger partial charge in [-0.2, -0.15) is 0 Å². The molecule has 4 saturated carbocycles. The highest BCUT2D eigenvalue weighted by Crippen LogP contribution is 2.76. The normalized spacial score (nSPS) is 53.4. The van der Waals surface area contributed by atoms with E-state index in [1.54, 1.807) is 0 Å². The Morgan fingerprint density at radius 2 is 1.30 bits per heavy atom. The van der Waals surface area contributed by atoms with Crippen molar-refractivity contribution in [3.8, 4) is 0 Å². The number of aliphatic hydroxyl groups excluding tert-OH is 10. The molecule has 17 nitrogen and oxygen atoms in total. The van der Waals surface area contributed by atoms with E-state index in [1.807, 2.05) is 0 Å². The molecule has 10 N–H and O–H groups in total. The first-order chi connectivity index (χ1) is 29.9. The summed E-state index contributed by atoms with van der Waals surface area (Å²) in [6, 6.07) is 0. The zero-order valence-electron chi connectivity index (χ0n) is 38.5. The molecule has 22 atom stereocenters. The summed E-state index contributed by atoms with van der Waals surface area (Å²) in [7, 11) is 0. The molecular weight excluding hydrogens is 836 g/mol. The highest BCUT2D eigenvalue weighted by molar-refractivity contribution is 5.79. The van der Waals surface area contributed by atoms with Gasteiger partial charge in [0.2, 0.25) is 6.29 Å². The van der Waals surface area contributed by atoms with Gasteiger partial charge in [-0.25, -0.2) is 0 Å². The van der Waals surface area contributed by atoms with Crippen molar-refractivity contribution in [3.63, 3.8) is 0 Å². The summed E-state index contributed by atoms with van der Waals surface area (Å²) < 4.78 is 36.0. The minimum atomic E-state index is -1.68. The van der Waals surface area contributed by atoms with Gasteiger partial charge in [-0.05, 0) is 109 Å². The number of hydrogen-bond acceptors (Lipinski definition) is 17. The lowest BCUT2D eigenvalue weighted by Gasteiger charge is -2.71. The molecular formula is C47H76O17. The van der Waals surface area contributed by atoms with E-state index in [4.69, 9.17) is 28.4 Å². The number of allylic oxidation sites excluding steroid dienone is 2. The van der Waals surface area contributed by atoms with E-state index in [9.17, 15) is 55.9 Å². The Balaban J connectivity index is 1.04. The molecule has 366 valence electrons. The molecule has 3 heterocycles. The van der Waals surface area contributed by atoms with Gasteiger partial charge in [0.1, 0.15) is 67.1 Å². The summed E-state index contributed by atoms with van der Waals surface area (Å²) in [5, 5.41) is 105. The van der Waals surface area contributed by atoms with Gasteiger partial charge in [0.05, 0.1) is 31.3 Å². The molecule has 4 unspecified atom stereocenters. The van der Waals surface area contributed by atoms with Crippen LogP contribution in [-0.2, 0) is 33.2 Å². The summed E-state index contributed by atoms with van der Waals surface area (Å²) in [5.74, 6) is -0.147. The predicted octanol–water partition coefficient (Wildman–Crippen LogP) is 0.780. The summed E-state index contributed by atoms with van der Waals surface area (Å²) in [5.41, 5.74) is -0.599. The van der Waals surface area contributed by atoms with Crippen LogP contribution in [0.4, 0.5) is 0 Å². The Labute approximate surface area is 376 Å². The van der Waals surface area contributed by atoms with Crippen molar-refractivity contribution in [3.05, 3.63) is 11.6 Å². The zero-order chi connectivity index (χ0) is 46.7. The lowest BCUT2D eigenvalue weighted by atomic mass is 9.33. The maximum absolute atomic E-state index is 14.7. The van der Waals surface area contributed by atoms with E-state index in [1.165, 1.54) is 5.57 Å². The lowest BCUT2D eigenvalue weighted by Crippen LogP contribution is -2.66. The number of hydrogen-bond donors (Lipinski definition) is 10. The summed E-state index contributed by atoms with van der Waals surface area (Å²) >= 11 is 0. The summed E-state index contributed by atoms with van der Waals surface area (Å²) in [6.07, 6.45) is -11.1. The van der Waals surface area contributed by atoms with Gasteiger partial charge < -0.3 is 79.5 Å². The molecule has 0 spiro atoms. The van der Waals surface area contributed by atoms with E-state index in [0.717, 1.165) is 44.9 Å². The summed E-state index contributed by atoms with van der Waals surface area (Å²) in [4.78, 5) is 14.7. The van der Waals surface area contributed by atoms with Gasteiger partial charge in [-0.3, -0.25) is 4.79 Å². The third-order valence-corrected chi connectivity index (χ3v) is 18.9. The van der Waals surface area contributed by atoms with E-state index in [-0.39, 0.29) is 46.0 Å². The summed E-state index contributed by atoms with van der Waals surface area (Å²) in [6.45, 7) is 14.6. The van der Waals surface area contributed by atoms with Crippen molar-refractivity contribution < 1.29 is 84.3 Å². The predicted molar refractivity (Wildman–Crippen MR) is 224 cm³/mol. The molecule has 64 heavy (non-hydrogen) atoms. The highest BCUT2D eigenvalue weighted by Gasteiger charge is 2.70. The Morgan fingerprint density at radius 3 is 1.97 bits per heavy atom. The molecule has 0 aromatic carbocycles. The SMILES string of the molecule is CC1(C)CC[C@]2(C(=O)O[C@@H]3O[C@H](CO)[C@@H](O)[C@H](O)[C@H]3O)CC[C@]3(C)C(=CCC4[C@@]5(C)CCC(O[C@H]6O[C@H](CO)[C@H](O)[C@H](O)[C@H]6O[C@H]6OC[C@H](O)[C@H](O)[C@H]6O)C(C)(C)C5CC[C@]43C)C2C1. The van der Waals surface area contributed by atoms with E-state index in [2.05, 4.69) is 54.5 Å². The maximum atomic E-state index is 14.7. The first-order valence-electron chi connectivity index (χ1n) is 23.7. The Kier molecular flexibility index (Phi) is 13.2. The second-order valence-electron chi connectivity index (χ2n) is 23.0.